The minimum atomic E-state index is -0.213. The van der Waals surface area contributed by atoms with Crippen LogP contribution in [-0.2, 0) is 19.6 Å². The predicted molar refractivity (Wildman–Crippen MR) is 148 cm³/mol. The van der Waals surface area contributed by atoms with Gasteiger partial charge in [0.05, 0.1) is 7.11 Å². The second kappa shape index (κ2) is 10.3. The van der Waals surface area contributed by atoms with Gasteiger partial charge >= 0.3 is 0 Å². The molecule has 6 rings (SSSR count). The Kier molecular flexibility index (Phi) is 6.52. The molecule has 8 heteroatoms. The summed E-state index contributed by atoms with van der Waals surface area (Å²) in [6, 6.07) is 24.6. The molecule has 2 aromatic heterocycles. The Bertz CT molecular complexity index is 1590. The summed E-state index contributed by atoms with van der Waals surface area (Å²) in [5.41, 5.74) is 5.14. The van der Waals surface area contributed by atoms with Crippen molar-refractivity contribution in [2.45, 2.75) is 32.4 Å². The highest BCUT2D eigenvalue weighted by atomic mass is 35.5. The molecule has 0 spiro atoms. The van der Waals surface area contributed by atoms with E-state index in [2.05, 4.69) is 9.88 Å². The molecule has 0 saturated heterocycles. The van der Waals surface area contributed by atoms with Gasteiger partial charge in [-0.3, -0.25) is 4.79 Å². The van der Waals surface area contributed by atoms with Gasteiger partial charge in [0.15, 0.2) is 5.82 Å². The van der Waals surface area contributed by atoms with Crippen LogP contribution in [0.25, 0.3) is 16.8 Å². The van der Waals surface area contributed by atoms with Gasteiger partial charge in [-0.05, 0) is 73.4 Å². The maximum absolute atomic E-state index is 13.8. The SMILES string of the molecule is COc1ccc(OCc2nn3c(C(=O)Nc4ccccc4)c(-c4ccc(Cl)cc4)c4c3n2CCCC4)cc1. The lowest BCUT2D eigenvalue weighted by Crippen LogP contribution is -2.16. The van der Waals surface area contributed by atoms with Gasteiger partial charge in [0, 0.05) is 28.4 Å². The van der Waals surface area contributed by atoms with Gasteiger partial charge in [-0.1, -0.05) is 41.9 Å². The maximum Gasteiger partial charge on any atom is 0.275 e. The molecular formula is C30H27ClN4O3. The summed E-state index contributed by atoms with van der Waals surface area (Å²) in [6.45, 7) is 1.09. The van der Waals surface area contributed by atoms with Gasteiger partial charge in [0.25, 0.3) is 5.91 Å². The van der Waals surface area contributed by atoms with E-state index in [1.54, 1.807) is 11.6 Å². The summed E-state index contributed by atoms with van der Waals surface area (Å²) in [6.07, 6.45) is 2.88. The van der Waals surface area contributed by atoms with E-state index in [9.17, 15) is 4.79 Å². The van der Waals surface area contributed by atoms with Crippen molar-refractivity contribution in [1.82, 2.24) is 14.2 Å². The van der Waals surface area contributed by atoms with Crippen molar-refractivity contribution >= 4 is 28.8 Å². The number of ether oxygens (including phenoxy) is 2. The van der Waals surface area contributed by atoms with Gasteiger partial charge in [-0.15, -0.1) is 5.10 Å². The van der Waals surface area contributed by atoms with Gasteiger partial charge in [-0.2, -0.15) is 0 Å². The lowest BCUT2D eigenvalue weighted by molar-refractivity contribution is 0.102. The normalized spacial score (nSPS) is 12.8. The third-order valence-electron chi connectivity index (χ3n) is 6.87. The molecule has 0 aliphatic carbocycles. The first-order valence-electron chi connectivity index (χ1n) is 12.6. The molecular weight excluding hydrogens is 500 g/mol. The van der Waals surface area contributed by atoms with E-state index < -0.39 is 0 Å². The van der Waals surface area contributed by atoms with E-state index in [0.717, 1.165) is 71.2 Å². The highest BCUT2D eigenvalue weighted by Crippen LogP contribution is 2.37. The topological polar surface area (TPSA) is 69.8 Å². The van der Waals surface area contributed by atoms with Crippen LogP contribution in [0, 0.1) is 0 Å². The van der Waals surface area contributed by atoms with Crippen molar-refractivity contribution in [2.24, 2.45) is 0 Å². The first kappa shape index (κ1) is 24.1. The monoisotopic (exact) mass is 526 g/mol. The largest absolute Gasteiger partial charge is 0.497 e. The number of halogens is 1. The summed E-state index contributed by atoms with van der Waals surface area (Å²) < 4.78 is 15.3. The summed E-state index contributed by atoms with van der Waals surface area (Å²) >= 11 is 6.20. The van der Waals surface area contributed by atoms with Crippen LogP contribution in [0.15, 0.2) is 78.9 Å². The molecule has 1 amide bonds. The summed E-state index contributed by atoms with van der Waals surface area (Å²) in [5.74, 6) is 2.06. The van der Waals surface area contributed by atoms with Crippen molar-refractivity contribution < 1.29 is 14.3 Å². The summed E-state index contributed by atoms with van der Waals surface area (Å²) in [7, 11) is 1.64. The molecule has 5 aromatic rings. The average molecular weight is 527 g/mol. The number of benzene rings is 3. The number of aryl methyl sites for hydroxylation is 2. The lowest BCUT2D eigenvalue weighted by Gasteiger charge is -2.10. The maximum atomic E-state index is 13.8. The molecule has 0 fully saturated rings. The van der Waals surface area contributed by atoms with Crippen molar-refractivity contribution in [3.05, 3.63) is 101 Å². The standard InChI is InChI=1S/C30H27ClN4O3/c1-37-23-14-16-24(17-15-23)38-19-26-33-35-28(29(36)32-22-7-3-2-4-8-22)27(20-10-12-21(31)13-11-20)25-9-5-6-18-34(26)30(25)35/h2-4,7-8,10-17H,5-6,9,18-19H2,1H3,(H,32,36). The smallest absolute Gasteiger partial charge is 0.275 e. The highest BCUT2D eigenvalue weighted by Gasteiger charge is 2.30. The fraction of sp³-hybridized carbons (Fsp3) is 0.200. The summed E-state index contributed by atoms with van der Waals surface area (Å²) in [5, 5.41) is 8.66. The molecule has 0 radical (unpaired) electrons. The van der Waals surface area contributed by atoms with Crippen LogP contribution in [0.5, 0.6) is 11.5 Å². The number of aromatic nitrogens is 3. The quantitative estimate of drug-likeness (QED) is 0.258. The highest BCUT2D eigenvalue weighted by molar-refractivity contribution is 6.30. The van der Waals surface area contributed by atoms with Crippen molar-refractivity contribution in [2.75, 3.05) is 12.4 Å². The number of methoxy groups -OCH3 is 1. The molecule has 1 N–H and O–H groups in total. The molecule has 0 bridgehead atoms. The Morgan fingerprint density at radius 2 is 1.71 bits per heavy atom. The number of nitrogens with zero attached hydrogens (tertiary/aromatic N) is 3. The van der Waals surface area contributed by atoms with Gasteiger partial charge < -0.3 is 19.4 Å². The van der Waals surface area contributed by atoms with Crippen LogP contribution in [0.1, 0.15) is 34.7 Å². The third-order valence-corrected chi connectivity index (χ3v) is 7.12. The lowest BCUT2D eigenvalue weighted by atomic mass is 9.98. The first-order valence-corrected chi connectivity index (χ1v) is 13.0. The number of amides is 1. The van der Waals surface area contributed by atoms with Crippen molar-refractivity contribution in [3.8, 4) is 22.6 Å². The van der Waals surface area contributed by atoms with Crippen LogP contribution in [-0.4, -0.2) is 27.2 Å². The van der Waals surface area contributed by atoms with E-state index in [-0.39, 0.29) is 12.5 Å². The number of hydrogen-bond acceptors (Lipinski definition) is 4. The average Bonchev–Trinajstić information content (AvgIpc) is 3.35. The van der Waals surface area contributed by atoms with Crippen LogP contribution < -0.4 is 14.8 Å². The van der Waals surface area contributed by atoms with Crippen LogP contribution in [0.3, 0.4) is 0 Å². The van der Waals surface area contributed by atoms with Gasteiger partial charge in [-0.25, -0.2) is 4.52 Å². The fourth-order valence-corrected chi connectivity index (χ4v) is 5.21. The number of hydrogen-bond donors (Lipinski definition) is 1. The zero-order chi connectivity index (χ0) is 26.1. The molecule has 7 nitrogen and oxygen atoms in total. The van der Waals surface area contributed by atoms with Crippen molar-refractivity contribution in [1.29, 1.82) is 0 Å². The first-order chi connectivity index (χ1) is 18.6. The number of nitrogens with one attached hydrogen (secondary N) is 1. The van der Waals surface area contributed by atoms with E-state index in [0.29, 0.717) is 10.7 Å². The van der Waals surface area contributed by atoms with Crippen LogP contribution in [0.2, 0.25) is 5.02 Å². The Balaban J connectivity index is 1.46. The minimum Gasteiger partial charge on any atom is -0.497 e. The number of anilines is 1. The minimum absolute atomic E-state index is 0.213. The van der Waals surface area contributed by atoms with E-state index in [1.807, 2.05) is 78.9 Å². The molecule has 192 valence electrons. The molecule has 0 atom stereocenters. The van der Waals surface area contributed by atoms with E-state index in [4.69, 9.17) is 26.2 Å². The molecule has 3 aromatic carbocycles. The number of para-hydroxylation sites is 1. The number of carbonyl (C=O) groups is 1. The fourth-order valence-electron chi connectivity index (χ4n) is 5.08. The molecule has 3 heterocycles. The van der Waals surface area contributed by atoms with E-state index in [1.165, 1.54) is 0 Å². The van der Waals surface area contributed by atoms with Crippen molar-refractivity contribution in [3.63, 3.8) is 0 Å². The Labute approximate surface area is 225 Å². The number of rotatable bonds is 7. The molecule has 1 aliphatic rings. The number of carbonyl (C=O) groups excluding carboxylic acids is 1. The van der Waals surface area contributed by atoms with Crippen LogP contribution >= 0.6 is 11.6 Å². The zero-order valence-electron chi connectivity index (χ0n) is 21.0. The van der Waals surface area contributed by atoms with E-state index >= 15 is 0 Å². The second-order valence-electron chi connectivity index (χ2n) is 9.25. The van der Waals surface area contributed by atoms with Crippen LogP contribution in [0.4, 0.5) is 5.69 Å². The summed E-state index contributed by atoms with van der Waals surface area (Å²) in [4.78, 5) is 13.8. The predicted octanol–water partition coefficient (Wildman–Crippen LogP) is 6.63. The van der Waals surface area contributed by atoms with Gasteiger partial charge in [0.2, 0.25) is 0 Å². The Hall–Kier alpha value is -4.23. The Morgan fingerprint density at radius 3 is 2.45 bits per heavy atom. The van der Waals surface area contributed by atoms with Gasteiger partial charge in [0.1, 0.15) is 29.4 Å². The Morgan fingerprint density at radius 1 is 0.974 bits per heavy atom. The molecule has 0 saturated carbocycles. The third kappa shape index (κ3) is 4.50. The molecule has 1 aliphatic heterocycles. The zero-order valence-corrected chi connectivity index (χ0v) is 21.7. The molecule has 38 heavy (non-hydrogen) atoms. The second-order valence-corrected chi connectivity index (χ2v) is 9.69. The molecule has 0 unspecified atom stereocenters.